The summed E-state index contributed by atoms with van der Waals surface area (Å²) >= 11 is 0. The van der Waals surface area contributed by atoms with Crippen molar-refractivity contribution < 1.29 is 19.7 Å². The Bertz CT molecular complexity index is 474. The number of hydrogen-bond donors (Lipinski definition) is 2. The quantitative estimate of drug-likeness (QED) is 0.850. The molecule has 0 bridgehead atoms. The molecule has 1 aromatic carbocycles. The van der Waals surface area contributed by atoms with Crippen LogP contribution in [0.15, 0.2) is 24.3 Å². The lowest BCUT2D eigenvalue weighted by molar-refractivity contribution is -0.167. The highest BCUT2D eigenvalue weighted by molar-refractivity contribution is 5.26. The summed E-state index contributed by atoms with van der Waals surface area (Å²) in [7, 11) is 0. The molecule has 0 unspecified atom stereocenters. The first-order chi connectivity index (χ1) is 10.1. The molecule has 0 saturated carbocycles. The number of piperidine rings is 1. The molecular formula is C16H23NO4. The van der Waals surface area contributed by atoms with Gasteiger partial charge in [-0.15, -0.1) is 0 Å². The van der Waals surface area contributed by atoms with Crippen LogP contribution >= 0.6 is 0 Å². The third kappa shape index (κ3) is 3.21. The van der Waals surface area contributed by atoms with Crippen molar-refractivity contribution in [3.63, 3.8) is 0 Å². The number of aryl methyl sites for hydroxylation is 1. The number of benzene rings is 1. The maximum atomic E-state index is 10.7. The van der Waals surface area contributed by atoms with E-state index < -0.39 is 11.7 Å². The van der Waals surface area contributed by atoms with Gasteiger partial charge in [0.1, 0.15) is 18.0 Å². The molecule has 0 aliphatic carbocycles. The molecule has 2 aliphatic heterocycles. The third-order valence-electron chi connectivity index (χ3n) is 4.43. The topological polar surface area (TPSA) is 62.2 Å². The summed E-state index contributed by atoms with van der Waals surface area (Å²) in [5, 5.41) is 20.9. The first-order valence-electron chi connectivity index (χ1n) is 7.48. The molecule has 0 spiro atoms. The van der Waals surface area contributed by atoms with E-state index in [0.29, 0.717) is 38.0 Å². The lowest BCUT2D eigenvalue weighted by Gasteiger charge is -2.47. The van der Waals surface area contributed by atoms with Gasteiger partial charge in [0.05, 0.1) is 25.4 Å². The minimum absolute atomic E-state index is 0.0985. The van der Waals surface area contributed by atoms with Crippen molar-refractivity contribution in [1.29, 1.82) is 0 Å². The lowest BCUT2D eigenvalue weighted by atomic mass is 9.89. The van der Waals surface area contributed by atoms with Crippen molar-refractivity contribution in [2.24, 2.45) is 0 Å². The average Bonchev–Trinajstić information content (AvgIpc) is 2.41. The minimum Gasteiger partial charge on any atom is -0.490 e. The number of ether oxygens (including phenoxy) is 2. The first kappa shape index (κ1) is 14.8. The number of nitrogens with zero attached hydrogens (tertiary/aromatic N) is 1. The normalized spacial score (nSPS) is 30.9. The average molecular weight is 293 g/mol. The van der Waals surface area contributed by atoms with Crippen LogP contribution in [-0.4, -0.2) is 65.8 Å². The fraction of sp³-hybridized carbons (Fsp3) is 0.625. The summed E-state index contributed by atoms with van der Waals surface area (Å²) in [5.74, 6) is 0.713. The predicted octanol–water partition coefficient (Wildman–Crippen LogP) is 0.570. The number of β-amino-alcohol motifs (C(OH)–C–C–N with tert-alkyl or cyclic N) is 1. The highest BCUT2D eigenvalue weighted by Crippen LogP contribution is 2.26. The molecule has 2 heterocycles. The number of aliphatic hydroxyl groups excluding tert-OH is 1. The van der Waals surface area contributed by atoms with E-state index in [2.05, 4.69) is 4.90 Å². The summed E-state index contributed by atoms with van der Waals surface area (Å²) in [6.07, 6.45) is -0.190. The molecule has 0 radical (unpaired) electrons. The molecular weight excluding hydrogens is 270 g/mol. The predicted molar refractivity (Wildman–Crippen MR) is 78.4 cm³/mol. The van der Waals surface area contributed by atoms with E-state index in [4.69, 9.17) is 9.47 Å². The molecule has 2 aliphatic rings. The molecule has 1 aromatic rings. The van der Waals surface area contributed by atoms with Crippen LogP contribution in [0.1, 0.15) is 12.0 Å². The van der Waals surface area contributed by atoms with Crippen molar-refractivity contribution in [2.75, 3.05) is 32.9 Å². The maximum Gasteiger partial charge on any atom is 0.137 e. The second-order valence-electron chi connectivity index (χ2n) is 6.17. The summed E-state index contributed by atoms with van der Waals surface area (Å²) in [6.45, 7) is 4.76. The Morgan fingerprint density at radius 2 is 2.05 bits per heavy atom. The van der Waals surface area contributed by atoms with Crippen molar-refractivity contribution in [3.8, 4) is 5.75 Å². The molecule has 2 saturated heterocycles. The Balaban J connectivity index is 1.61. The van der Waals surface area contributed by atoms with Crippen LogP contribution in [0.5, 0.6) is 5.75 Å². The summed E-state index contributed by atoms with van der Waals surface area (Å²) in [6, 6.07) is 8.06. The Morgan fingerprint density at radius 3 is 2.67 bits per heavy atom. The van der Waals surface area contributed by atoms with Crippen LogP contribution in [0, 0.1) is 6.92 Å². The monoisotopic (exact) mass is 293 g/mol. The third-order valence-corrected chi connectivity index (χ3v) is 4.43. The van der Waals surface area contributed by atoms with Gasteiger partial charge in [-0.05, 0) is 25.5 Å². The second-order valence-corrected chi connectivity index (χ2v) is 6.17. The summed E-state index contributed by atoms with van der Waals surface area (Å²) in [5.41, 5.74) is -0.0615. The zero-order valence-corrected chi connectivity index (χ0v) is 12.4. The zero-order valence-electron chi connectivity index (χ0n) is 12.4. The van der Waals surface area contributed by atoms with Gasteiger partial charge in [-0.2, -0.15) is 0 Å². The number of rotatable bonds is 4. The van der Waals surface area contributed by atoms with Crippen LogP contribution in [-0.2, 0) is 4.74 Å². The number of likely N-dealkylation sites (tertiary alicyclic amines) is 1. The summed E-state index contributed by atoms with van der Waals surface area (Å²) < 4.78 is 10.9. The largest absolute Gasteiger partial charge is 0.490 e. The van der Waals surface area contributed by atoms with Gasteiger partial charge in [0, 0.05) is 13.1 Å². The van der Waals surface area contributed by atoms with Crippen molar-refractivity contribution in [1.82, 2.24) is 4.90 Å². The van der Waals surface area contributed by atoms with Crippen molar-refractivity contribution >= 4 is 0 Å². The molecule has 5 nitrogen and oxygen atoms in total. The van der Waals surface area contributed by atoms with Gasteiger partial charge in [-0.3, -0.25) is 4.90 Å². The lowest BCUT2D eigenvalue weighted by Crippen LogP contribution is -2.64. The molecule has 3 rings (SSSR count). The fourth-order valence-electron chi connectivity index (χ4n) is 2.82. The van der Waals surface area contributed by atoms with E-state index in [1.54, 1.807) is 0 Å². The van der Waals surface area contributed by atoms with Crippen molar-refractivity contribution in [3.05, 3.63) is 29.8 Å². The van der Waals surface area contributed by atoms with Gasteiger partial charge < -0.3 is 19.7 Å². The first-order valence-corrected chi connectivity index (χ1v) is 7.48. The van der Waals surface area contributed by atoms with Gasteiger partial charge in [-0.1, -0.05) is 17.7 Å². The Labute approximate surface area is 125 Å². The maximum absolute atomic E-state index is 10.7. The van der Waals surface area contributed by atoms with E-state index in [-0.39, 0.29) is 6.61 Å². The standard InChI is InChI=1S/C16H23NO4/c1-12-2-4-14(5-3-12)21-11-16(19)10-17(7-6-15(16)18)13-8-20-9-13/h2-5,13,15,18-19H,6-11H2,1H3/t15-,16-/m0/s1. The van der Waals surface area contributed by atoms with Crippen LogP contribution in [0.4, 0.5) is 0 Å². The Morgan fingerprint density at radius 1 is 1.33 bits per heavy atom. The molecule has 0 amide bonds. The van der Waals surface area contributed by atoms with Gasteiger partial charge >= 0.3 is 0 Å². The summed E-state index contributed by atoms with van der Waals surface area (Å²) in [4.78, 5) is 2.19. The van der Waals surface area contributed by atoms with Gasteiger partial charge in [0.2, 0.25) is 0 Å². The van der Waals surface area contributed by atoms with Gasteiger partial charge in [-0.25, -0.2) is 0 Å². The minimum atomic E-state index is -1.22. The molecule has 21 heavy (non-hydrogen) atoms. The smallest absolute Gasteiger partial charge is 0.137 e. The molecule has 0 aromatic heterocycles. The zero-order chi connectivity index (χ0) is 14.9. The molecule has 2 fully saturated rings. The van der Waals surface area contributed by atoms with Crippen LogP contribution in [0.3, 0.4) is 0 Å². The second kappa shape index (κ2) is 5.93. The molecule has 2 atom stereocenters. The van der Waals surface area contributed by atoms with E-state index in [1.165, 1.54) is 0 Å². The van der Waals surface area contributed by atoms with E-state index in [0.717, 1.165) is 12.1 Å². The van der Waals surface area contributed by atoms with Crippen LogP contribution in [0.2, 0.25) is 0 Å². The van der Waals surface area contributed by atoms with Crippen LogP contribution in [0.25, 0.3) is 0 Å². The Hall–Kier alpha value is -1.14. The molecule has 116 valence electrons. The number of aliphatic hydroxyl groups is 2. The number of hydrogen-bond acceptors (Lipinski definition) is 5. The fourth-order valence-corrected chi connectivity index (χ4v) is 2.82. The highest BCUT2D eigenvalue weighted by Gasteiger charge is 2.44. The van der Waals surface area contributed by atoms with Crippen molar-refractivity contribution in [2.45, 2.75) is 31.1 Å². The SMILES string of the molecule is Cc1ccc(OC[C@@]2(O)CN(C3COC3)CC[C@@H]2O)cc1. The Kier molecular flexibility index (Phi) is 4.17. The molecule has 5 heteroatoms. The van der Waals surface area contributed by atoms with Gasteiger partial charge in [0.15, 0.2) is 0 Å². The van der Waals surface area contributed by atoms with Gasteiger partial charge in [0.25, 0.3) is 0 Å². The molecule has 2 N–H and O–H groups in total. The van der Waals surface area contributed by atoms with E-state index in [1.807, 2.05) is 31.2 Å². The highest BCUT2D eigenvalue weighted by atomic mass is 16.5. The van der Waals surface area contributed by atoms with Crippen LogP contribution < -0.4 is 4.74 Å². The van der Waals surface area contributed by atoms with E-state index in [9.17, 15) is 10.2 Å². The van der Waals surface area contributed by atoms with E-state index >= 15 is 0 Å².